The second-order valence-corrected chi connectivity index (χ2v) is 6.84. The number of thioether (sulfide) groups is 1. The minimum Gasteiger partial charge on any atom is -0.389 e. The van der Waals surface area contributed by atoms with Crippen LogP contribution >= 0.6 is 11.8 Å². The smallest absolute Gasteiger partial charge is 0.0741 e. The summed E-state index contributed by atoms with van der Waals surface area (Å²) in [6, 6.07) is 0.566. The molecule has 0 radical (unpaired) electrons. The Labute approximate surface area is 98.2 Å². The van der Waals surface area contributed by atoms with Gasteiger partial charge in [-0.1, -0.05) is 20.8 Å². The summed E-state index contributed by atoms with van der Waals surface area (Å²) >= 11 is 2.02. The number of hydrogen-bond donors (Lipinski definition) is 2. The highest BCUT2D eigenvalue weighted by molar-refractivity contribution is 7.99. The van der Waals surface area contributed by atoms with E-state index in [4.69, 9.17) is 0 Å². The molecule has 1 rings (SSSR count). The maximum absolute atomic E-state index is 9.91. The van der Waals surface area contributed by atoms with Crippen molar-refractivity contribution in [2.24, 2.45) is 5.41 Å². The third-order valence-corrected chi connectivity index (χ3v) is 4.77. The molecule has 1 heterocycles. The molecule has 1 fully saturated rings. The molecule has 0 aromatic rings. The van der Waals surface area contributed by atoms with Gasteiger partial charge in [-0.15, -0.1) is 0 Å². The van der Waals surface area contributed by atoms with Gasteiger partial charge in [-0.2, -0.15) is 11.8 Å². The normalized spacial score (nSPS) is 29.8. The van der Waals surface area contributed by atoms with E-state index < -0.39 is 5.60 Å². The molecular weight excluding hydrogens is 206 g/mol. The highest BCUT2D eigenvalue weighted by Gasteiger charge is 2.29. The molecule has 0 spiro atoms. The number of nitrogens with one attached hydrogen (secondary N) is 1. The van der Waals surface area contributed by atoms with Gasteiger partial charge in [0.1, 0.15) is 0 Å². The summed E-state index contributed by atoms with van der Waals surface area (Å²) in [5.74, 6) is 2.44. The van der Waals surface area contributed by atoms with E-state index in [1.807, 2.05) is 25.6 Å². The summed E-state index contributed by atoms with van der Waals surface area (Å²) in [6.07, 6.45) is 2.03. The van der Waals surface area contributed by atoms with E-state index in [1.165, 1.54) is 17.9 Å². The van der Waals surface area contributed by atoms with Crippen LogP contribution in [0.4, 0.5) is 0 Å². The third kappa shape index (κ3) is 4.75. The topological polar surface area (TPSA) is 32.3 Å². The lowest BCUT2D eigenvalue weighted by Crippen LogP contribution is -2.46. The van der Waals surface area contributed by atoms with Crippen molar-refractivity contribution in [2.75, 3.05) is 18.1 Å². The molecule has 15 heavy (non-hydrogen) atoms. The van der Waals surface area contributed by atoms with Crippen molar-refractivity contribution in [3.63, 3.8) is 0 Å². The van der Waals surface area contributed by atoms with Crippen LogP contribution in [-0.4, -0.2) is 34.8 Å². The van der Waals surface area contributed by atoms with Crippen molar-refractivity contribution in [1.82, 2.24) is 5.32 Å². The van der Waals surface area contributed by atoms with Crippen molar-refractivity contribution in [2.45, 2.75) is 52.2 Å². The average molecular weight is 231 g/mol. The standard InChI is InChI=1S/C12H25NOS/c1-5-12(4,14)8-13-10-6-11(2,3)9-15-7-10/h10,13-14H,5-9H2,1-4H3. The minimum atomic E-state index is -0.549. The fourth-order valence-electron chi connectivity index (χ4n) is 1.88. The van der Waals surface area contributed by atoms with E-state index in [9.17, 15) is 5.11 Å². The molecule has 2 N–H and O–H groups in total. The Kier molecular flexibility index (Phi) is 4.50. The lowest BCUT2D eigenvalue weighted by atomic mass is 9.87. The fraction of sp³-hybridized carbons (Fsp3) is 1.00. The van der Waals surface area contributed by atoms with Gasteiger partial charge in [0.15, 0.2) is 0 Å². The maximum atomic E-state index is 9.91. The van der Waals surface area contributed by atoms with Gasteiger partial charge >= 0.3 is 0 Å². The Morgan fingerprint density at radius 1 is 1.53 bits per heavy atom. The van der Waals surface area contributed by atoms with E-state index in [0.717, 1.165) is 6.42 Å². The van der Waals surface area contributed by atoms with E-state index >= 15 is 0 Å². The average Bonchev–Trinajstić information content (AvgIpc) is 2.14. The van der Waals surface area contributed by atoms with Crippen molar-refractivity contribution < 1.29 is 5.11 Å². The summed E-state index contributed by atoms with van der Waals surface area (Å²) in [5.41, 5.74) is -0.106. The first-order valence-electron chi connectivity index (χ1n) is 5.88. The lowest BCUT2D eigenvalue weighted by molar-refractivity contribution is 0.0518. The SMILES string of the molecule is CCC(C)(O)CNC1CSCC(C)(C)C1. The van der Waals surface area contributed by atoms with E-state index in [-0.39, 0.29) is 0 Å². The van der Waals surface area contributed by atoms with Gasteiger partial charge in [0.05, 0.1) is 5.60 Å². The molecule has 2 unspecified atom stereocenters. The Balaban J connectivity index is 2.33. The van der Waals surface area contributed by atoms with Crippen LogP contribution in [0.15, 0.2) is 0 Å². The second kappa shape index (κ2) is 5.07. The Hall–Kier alpha value is 0.270. The summed E-state index contributed by atoms with van der Waals surface area (Å²) in [5, 5.41) is 13.4. The molecule has 0 bridgehead atoms. The largest absolute Gasteiger partial charge is 0.389 e. The number of rotatable bonds is 4. The van der Waals surface area contributed by atoms with Gasteiger partial charge in [-0.25, -0.2) is 0 Å². The summed E-state index contributed by atoms with van der Waals surface area (Å²) in [4.78, 5) is 0. The number of hydrogen-bond acceptors (Lipinski definition) is 3. The highest BCUT2D eigenvalue weighted by Crippen LogP contribution is 2.33. The van der Waals surface area contributed by atoms with E-state index in [1.54, 1.807) is 0 Å². The van der Waals surface area contributed by atoms with Gasteiger partial charge in [-0.05, 0) is 30.9 Å². The molecule has 3 heteroatoms. The van der Waals surface area contributed by atoms with E-state index in [2.05, 4.69) is 19.2 Å². The molecule has 1 saturated heterocycles. The molecule has 0 aromatic carbocycles. The maximum Gasteiger partial charge on any atom is 0.0741 e. The van der Waals surface area contributed by atoms with Crippen LogP contribution in [0, 0.1) is 5.41 Å². The molecule has 1 aliphatic rings. The first-order chi connectivity index (χ1) is 6.85. The van der Waals surface area contributed by atoms with Crippen LogP contribution in [0.5, 0.6) is 0 Å². The second-order valence-electron chi connectivity index (χ2n) is 5.81. The van der Waals surface area contributed by atoms with Crippen LogP contribution in [0.25, 0.3) is 0 Å². The molecule has 2 nitrogen and oxygen atoms in total. The highest BCUT2D eigenvalue weighted by atomic mass is 32.2. The van der Waals surface area contributed by atoms with Gasteiger partial charge in [0.25, 0.3) is 0 Å². The Bertz CT molecular complexity index is 204. The van der Waals surface area contributed by atoms with Gasteiger partial charge in [-0.3, -0.25) is 0 Å². The van der Waals surface area contributed by atoms with Crippen molar-refractivity contribution in [1.29, 1.82) is 0 Å². The first-order valence-corrected chi connectivity index (χ1v) is 7.04. The molecule has 0 aliphatic carbocycles. The molecule has 90 valence electrons. The molecule has 0 amide bonds. The number of aliphatic hydroxyl groups is 1. The minimum absolute atomic E-state index is 0.443. The first kappa shape index (κ1) is 13.3. The quantitative estimate of drug-likeness (QED) is 0.778. The monoisotopic (exact) mass is 231 g/mol. The zero-order chi connectivity index (χ0) is 11.5. The predicted octanol–water partition coefficient (Wildman–Crippen LogP) is 2.27. The van der Waals surface area contributed by atoms with Crippen LogP contribution in [-0.2, 0) is 0 Å². The van der Waals surface area contributed by atoms with Crippen LogP contribution in [0.2, 0.25) is 0 Å². The molecular formula is C12H25NOS. The Morgan fingerprint density at radius 2 is 2.20 bits per heavy atom. The zero-order valence-corrected chi connectivity index (χ0v) is 11.3. The molecule has 1 aliphatic heterocycles. The molecule has 2 atom stereocenters. The van der Waals surface area contributed by atoms with Crippen molar-refractivity contribution in [3.05, 3.63) is 0 Å². The van der Waals surface area contributed by atoms with Crippen molar-refractivity contribution >= 4 is 11.8 Å². The lowest BCUT2D eigenvalue weighted by Gasteiger charge is -2.36. The van der Waals surface area contributed by atoms with E-state index in [0.29, 0.717) is 18.0 Å². The molecule has 0 saturated carbocycles. The van der Waals surface area contributed by atoms with Crippen LogP contribution in [0.3, 0.4) is 0 Å². The van der Waals surface area contributed by atoms with Crippen molar-refractivity contribution in [3.8, 4) is 0 Å². The van der Waals surface area contributed by atoms with Gasteiger partial charge < -0.3 is 10.4 Å². The third-order valence-electron chi connectivity index (χ3n) is 3.14. The Morgan fingerprint density at radius 3 is 2.73 bits per heavy atom. The van der Waals surface area contributed by atoms with Gasteiger partial charge in [0.2, 0.25) is 0 Å². The molecule has 0 aromatic heterocycles. The van der Waals surface area contributed by atoms with Gasteiger partial charge in [0, 0.05) is 18.3 Å². The summed E-state index contributed by atoms with van der Waals surface area (Å²) in [6.45, 7) is 9.30. The summed E-state index contributed by atoms with van der Waals surface area (Å²) < 4.78 is 0. The predicted molar refractivity (Wildman–Crippen MR) is 68.4 cm³/mol. The van der Waals surface area contributed by atoms with Crippen LogP contribution in [0.1, 0.15) is 40.5 Å². The zero-order valence-electron chi connectivity index (χ0n) is 10.5. The summed E-state index contributed by atoms with van der Waals surface area (Å²) in [7, 11) is 0. The fourth-order valence-corrected chi connectivity index (χ4v) is 3.19. The van der Waals surface area contributed by atoms with Crippen LogP contribution < -0.4 is 5.32 Å².